The first-order valence-electron chi connectivity index (χ1n) is 3.67. The first-order chi connectivity index (χ1) is 4.63. The van der Waals surface area contributed by atoms with Crippen molar-refractivity contribution in [3.63, 3.8) is 0 Å². The molecule has 0 aromatic heterocycles. The van der Waals surface area contributed by atoms with Gasteiger partial charge in [-0.1, -0.05) is 27.7 Å². The highest BCUT2D eigenvalue weighted by molar-refractivity contribution is 7.51. The van der Waals surface area contributed by atoms with Crippen LogP contribution in [0.1, 0.15) is 27.7 Å². The van der Waals surface area contributed by atoms with Gasteiger partial charge in [0.15, 0.2) is 0 Å². The normalized spacial score (nSPS) is 16.5. The molecule has 0 fully saturated rings. The van der Waals surface area contributed by atoms with Gasteiger partial charge in [0.1, 0.15) is 0 Å². The van der Waals surface area contributed by atoms with E-state index in [1.807, 2.05) is 27.7 Å². The largest absolute Gasteiger partial charge is 0.325 e. The van der Waals surface area contributed by atoms with Crippen LogP contribution in [0.5, 0.6) is 0 Å². The number of hydrogen-bond donors (Lipinski definition) is 2. The van der Waals surface area contributed by atoms with Gasteiger partial charge in [0.05, 0.1) is 6.16 Å². The lowest BCUT2D eigenvalue weighted by Gasteiger charge is -2.27. The monoisotopic (exact) mass is 180 g/mol. The van der Waals surface area contributed by atoms with Gasteiger partial charge >= 0.3 is 7.60 Å². The van der Waals surface area contributed by atoms with Crippen molar-refractivity contribution < 1.29 is 14.4 Å². The summed E-state index contributed by atoms with van der Waals surface area (Å²) in [4.78, 5) is 17.3. The van der Waals surface area contributed by atoms with Crippen LogP contribution < -0.4 is 0 Å². The van der Waals surface area contributed by atoms with Gasteiger partial charge in [0, 0.05) is 0 Å². The lowest BCUT2D eigenvalue weighted by molar-refractivity contribution is 0.267. The Morgan fingerprint density at radius 1 is 1.36 bits per heavy atom. The second kappa shape index (κ2) is 3.26. The smallest absolute Gasteiger partial charge is 0.324 e. The molecule has 0 bridgehead atoms. The maximum absolute atomic E-state index is 10.6. The number of hydrogen-bond acceptors (Lipinski definition) is 1. The Hall–Kier alpha value is 0.150. The average molecular weight is 180 g/mol. The van der Waals surface area contributed by atoms with Gasteiger partial charge in [0.2, 0.25) is 0 Å². The predicted octanol–water partition coefficient (Wildman–Crippen LogP) is 1.85. The van der Waals surface area contributed by atoms with E-state index in [-0.39, 0.29) is 17.5 Å². The minimum atomic E-state index is -3.82. The van der Waals surface area contributed by atoms with Crippen LogP contribution in [0, 0.1) is 11.3 Å². The summed E-state index contributed by atoms with van der Waals surface area (Å²) in [6.07, 6.45) is -0.0174. The Morgan fingerprint density at radius 2 is 1.73 bits per heavy atom. The summed E-state index contributed by atoms with van der Waals surface area (Å²) in [6.45, 7) is 7.80. The summed E-state index contributed by atoms with van der Waals surface area (Å²) in [5.74, 6) is 0.0448. The summed E-state index contributed by atoms with van der Waals surface area (Å²) in [5, 5.41) is 0. The summed E-state index contributed by atoms with van der Waals surface area (Å²) in [5.41, 5.74) is -0.0267. The molecule has 4 heteroatoms. The van der Waals surface area contributed by atoms with E-state index in [0.717, 1.165) is 0 Å². The molecule has 0 spiro atoms. The Balaban J connectivity index is 4.10. The van der Waals surface area contributed by atoms with Gasteiger partial charge in [-0.2, -0.15) is 0 Å². The first kappa shape index (κ1) is 11.2. The van der Waals surface area contributed by atoms with Gasteiger partial charge in [0.25, 0.3) is 0 Å². The van der Waals surface area contributed by atoms with Gasteiger partial charge in [-0.3, -0.25) is 4.57 Å². The zero-order chi connectivity index (χ0) is 9.28. The second-order valence-electron chi connectivity index (χ2n) is 4.11. The highest BCUT2D eigenvalue weighted by Crippen LogP contribution is 2.41. The second-order valence-corrected chi connectivity index (χ2v) is 5.81. The molecular formula is C7H17O3P. The molecule has 0 radical (unpaired) electrons. The van der Waals surface area contributed by atoms with Crippen molar-refractivity contribution in [1.82, 2.24) is 0 Å². The average Bonchev–Trinajstić information content (AvgIpc) is 1.56. The molecule has 0 saturated carbocycles. The molecule has 0 aliphatic carbocycles. The van der Waals surface area contributed by atoms with Crippen molar-refractivity contribution in [1.29, 1.82) is 0 Å². The van der Waals surface area contributed by atoms with E-state index in [1.165, 1.54) is 0 Å². The van der Waals surface area contributed by atoms with E-state index in [4.69, 9.17) is 9.79 Å². The lowest BCUT2D eigenvalue weighted by atomic mass is 9.83. The molecule has 0 aliphatic heterocycles. The SMILES string of the molecule is C[C@H](CP(=O)(O)O)C(C)(C)C. The molecule has 2 N–H and O–H groups in total. The molecule has 0 heterocycles. The molecule has 0 saturated heterocycles. The molecule has 1 atom stereocenters. The van der Waals surface area contributed by atoms with E-state index in [9.17, 15) is 4.57 Å². The van der Waals surface area contributed by atoms with Crippen LogP contribution >= 0.6 is 7.60 Å². The molecule has 0 aromatic carbocycles. The van der Waals surface area contributed by atoms with Gasteiger partial charge < -0.3 is 9.79 Å². The van der Waals surface area contributed by atoms with Crippen molar-refractivity contribution in [2.24, 2.45) is 11.3 Å². The summed E-state index contributed by atoms with van der Waals surface area (Å²) in [6, 6.07) is 0. The van der Waals surface area contributed by atoms with Crippen LogP contribution in [-0.2, 0) is 4.57 Å². The zero-order valence-electron chi connectivity index (χ0n) is 7.53. The minimum Gasteiger partial charge on any atom is -0.324 e. The standard InChI is InChI=1S/C7H17O3P/c1-6(7(2,3)4)5-11(8,9)10/h6H,5H2,1-4H3,(H2,8,9,10)/t6-/m1/s1. The van der Waals surface area contributed by atoms with Crippen LogP contribution in [0.25, 0.3) is 0 Å². The topological polar surface area (TPSA) is 57.5 Å². The van der Waals surface area contributed by atoms with Gasteiger partial charge in [-0.25, -0.2) is 0 Å². The van der Waals surface area contributed by atoms with E-state index < -0.39 is 7.60 Å². The van der Waals surface area contributed by atoms with E-state index in [1.54, 1.807) is 0 Å². The fraction of sp³-hybridized carbons (Fsp3) is 1.00. The van der Waals surface area contributed by atoms with E-state index in [2.05, 4.69) is 0 Å². The highest BCUT2D eigenvalue weighted by atomic mass is 31.2. The van der Waals surface area contributed by atoms with Crippen LogP contribution in [-0.4, -0.2) is 15.9 Å². The summed E-state index contributed by atoms with van der Waals surface area (Å²) >= 11 is 0. The fourth-order valence-electron chi connectivity index (χ4n) is 0.631. The van der Waals surface area contributed by atoms with Crippen LogP contribution in [0.3, 0.4) is 0 Å². The minimum absolute atomic E-state index is 0.0174. The lowest BCUT2D eigenvalue weighted by Crippen LogP contribution is -2.20. The first-order valence-corrected chi connectivity index (χ1v) is 5.47. The van der Waals surface area contributed by atoms with Crippen molar-refractivity contribution in [3.8, 4) is 0 Å². The Morgan fingerprint density at radius 3 is 1.82 bits per heavy atom. The Bertz CT molecular complexity index is 165. The highest BCUT2D eigenvalue weighted by Gasteiger charge is 2.27. The summed E-state index contributed by atoms with van der Waals surface area (Å²) < 4.78 is 10.6. The van der Waals surface area contributed by atoms with Crippen molar-refractivity contribution >= 4 is 7.60 Å². The molecule has 68 valence electrons. The Kier molecular flexibility index (Phi) is 3.30. The van der Waals surface area contributed by atoms with E-state index in [0.29, 0.717) is 0 Å². The third-order valence-electron chi connectivity index (χ3n) is 1.99. The van der Waals surface area contributed by atoms with Crippen LogP contribution in [0.4, 0.5) is 0 Å². The summed E-state index contributed by atoms with van der Waals surface area (Å²) in [7, 11) is -3.82. The maximum Gasteiger partial charge on any atom is 0.325 e. The van der Waals surface area contributed by atoms with Crippen molar-refractivity contribution in [2.45, 2.75) is 27.7 Å². The third-order valence-corrected chi connectivity index (χ3v) is 3.01. The van der Waals surface area contributed by atoms with Crippen molar-refractivity contribution in [3.05, 3.63) is 0 Å². The molecule has 0 unspecified atom stereocenters. The third kappa shape index (κ3) is 5.42. The quantitative estimate of drug-likeness (QED) is 0.637. The van der Waals surface area contributed by atoms with Crippen molar-refractivity contribution in [2.75, 3.05) is 6.16 Å². The van der Waals surface area contributed by atoms with E-state index >= 15 is 0 Å². The maximum atomic E-state index is 10.6. The number of rotatable bonds is 2. The van der Waals surface area contributed by atoms with Crippen LogP contribution in [0.15, 0.2) is 0 Å². The molecule has 0 amide bonds. The fourth-order valence-corrected chi connectivity index (χ4v) is 1.89. The zero-order valence-corrected chi connectivity index (χ0v) is 8.43. The molecule has 3 nitrogen and oxygen atoms in total. The van der Waals surface area contributed by atoms with Crippen LogP contribution in [0.2, 0.25) is 0 Å². The molecule has 0 aromatic rings. The van der Waals surface area contributed by atoms with Gasteiger partial charge in [-0.05, 0) is 11.3 Å². The predicted molar refractivity (Wildman–Crippen MR) is 45.5 cm³/mol. The molecule has 11 heavy (non-hydrogen) atoms. The Labute approximate surface area is 68.0 Å². The molecule has 0 rings (SSSR count). The molecule has 0 aliphatic rings. The molecular weight excluding hydrogens is 163 g/mol. The van der Waals surface area contributed by atoms with Gasteiger partial charge in [-0.15, -0.1) is 0 Å².